The molecule has 1 saturated heterocycles. The lowest BCUT2D eigenvalue weighted by molar-refractivity contribution is -0.121. The van der Waals surface area contributed by atoms with Gasteiger partial charge in [-0.15, -0.1) is 0 Å². The number of aromatic nitrogens is 2. The Bertz CT molecular complexity index is 885. The summed E-state index contributed by atoms with van der Waals surface area (Å²) in [5.41, 5.74) is 1.22. The maximum absolute atomic E-state index is 12.0. The molecule has 2 aromatic rings. The van der Waals surface area contributed by atoms with Crippen LogP contribution in [-0.2, 0) is 24.4 Å². The number of H-pyrrole nitrogens is 1. The number of nitrogens with zero attached hydrogens (tertiary/aromatic N) is 2. The van der Waals surface area contributed by atoms with E-state index in [4.69, 9.17) is 0 Å². The molecule has 7 heteroatoms. The molecule has 7 nitrogen and oxygen atoms in total. The van der Waals surface area contributed by atoms with E-state index in [2.05, 4.69) is 34.3 Å². The van der Waals surface area contributed by atoms with Crippen molar-refractivity contribution in [2.45, 2.75) is 39.4 Å². The largest absolute Gasteiger partial charge is 0.350 e. The number of carbonyl (C=O) groups is 1. The van der Waals surface area contributed by atoms with Crippen LogP contribution in [-0.4, -0.2) is 33.4 Å². The van der Waals surface area contributed by atoms with E-state index >= 15 is 0 Å². The molecule has 1 fully saturated rings. The van der Waals surface area contributed by atoms with Crippen LogP contribution in [0.5, 0.6) is 0 Å². The summed E-state index contributed by atoms with van der Waals surface area (Å²) in [5.74, 6) is 0.485. The maximum Gasteiger partial charge on any atom is 0.328 e. The molecule has 3 rings (SSSR count). The van der Waals surface area contributed by atoms with Gasteiger partial charge in [-0.05, 0) is 36.4 Å². The van der Waals surface area contributed by atoms with Gasteiger partial charge in [-0.2, -0.15) is 0 Å². The predicted molar refractivity (Wildman–Crippen MR) is 103 cm³/mol. The van der Waals surface area contributed by atoms with E-state index < -0.39 is 11.2 Å². The first-order chi connectivity index (χ1) is 13.0. The zero-order valence-corrected chi connectivity index (χ0v) is 15.6. The van der Waals surface area contributed by atoms with Crippen LogP contribution in [0.1, 0.15) is 30.9 Å². The van der Waals surface area contributed by atoms with Crippen molar-refractivity contribution in [2.75, 3.05) is 13.1 Å². The SMILES string of the molecule is CC1CCCN(Cc2ccc(CNC(=O)Cn3ccc(=O)[nH]c3=O)cc2)C1. The fourth-order valence-electron chi connectivity index (χ4n) is 3.43. The molecule has 1 unspecified atom stereocenters. The summed E-state index contributed by atoms with van der Waals surface area (Å²) in [7, 11) is 0. The van der Waals surface area contributed by atoms with Crippen LogP contribution in [0, 0.1) is 5.92 Å². The Morgan fingerprint density at radius 3 is 2.63 bits per heavy atom. The van der Waals surface area contributed by atoms with Gasteiger partial charge in [-0.25, -0.2) is 4.79 Å². The van der Waals surface area contributed by atoms with Crippen LogP contribution in [0.3, 0.4) is 0 Å². The van der Waals surface area contributed by atoms with E-state index in [0.29, 0.717) is 6.54 Å². The van der Waals surface area contributed by atoms with Gasteiger partial charge in [0.25, 0.3) is 5.56 Å². The Morgan fingerprint density at radius 1 is 1.19 bits per heavy atom. The van der Waals surface area contributed by atoms with Gasteiger partial charge in [0.15, 0.2) is 0 Å². The van der Waals surface area contributed by atoms with Crippen LogP contribution >= 0.6 is 0 Å². The molecule has 1 aliphatic rings. The third-order valence-electron chi connectivity index (χ3n) is 4.87. The summed E-state index contributed by atoms with van der Waals surface area (Å²) in [5, 5.41) is 2.79. The number of benzene rings is 1. The Kier molecular flexibility index (Phi) is 6.24. The second-order valence-corrected chi connectivity index (χ2v) is 7.31. The lowest BCUT2D eigenvalue weighted by Gasteiger charge is -2.30. The molecule has 1 aliphatic heterocycles. The quantitative estimate of drug-likeness (QED) is 0.797. The van der Waals surface area contributed by atoms with Crippen molar-refractivity contribution in [1.82, 2.24) is 19.8 Å². The van der Waals surface area contributed by atoms with Crippen LogP contribution < -0.4 is 16.6 Å². The summed E-state index contributed by atoms with van der Waals surface area (Å²) in [4.78, 5) is 39.3. The molecule has 0 radical (unpaired) electrons. The third kappa shape index (κ3) is 5.65. The van der Waals surface area contributed by atoms with E-state index in [1.165, 1.54) is 35.2 Å². The molecule has 0 saturated carbocycles. The van der Waals surface area contributed by atoms with Crippen molar-refractivity contribution in [3.05, 3.63) is 68.5 Å². The third-order valence-corrected chi connectivity index (χ3v) is 4.87. The van der Waals surface area contributed by atoms with E-state index in [0.717, 1.165) is 31.1 Å². The molecular formula is C20H26N4O3. The molecule has 0 aliphatic carbocycles. The topological polar surface area (TPSA) is 87.2 Å². The minimum Gasteiger partial charge on any atom is -0.350 e. The number of piperidine rings is 1. The molecule has 27 heavy (non-hydrogen) atoms. The lowest BCUT2D eigenvalue weighted by Crippen LogP contribution is -2.35. The molecule has 2 N–H and O–H groups in total. The normalized spacial score (nSPS) is 17.6. The maximum atomic E-state index is 12.0. The summed E-state index contributed by atoms with van der Waals surface area (Å²) in [6, 6.07) is 9.47. The number of nitrogens with one attached hydrogen (secondary N) is 2. The minimum atomic E-state index is -0.589. The smallest absolute Gasteiger partial charge is 0.328 e. The number of hydrogen-bond acceptors (Lipinski definition) is 4. The highest BCUT2D eigenvalue weighted by Crippen LogP contribution is 2.18. The molecule has 2 heterocycles. The van der Waals surface area contributed by atoms with Gasteiger partial charge in [-0.1, -0.05) is 31.2 Å². The van der Waals surface area contributed by atoms with E-state index in [9.17, 15) is 14.4 Å². The van der Waals surface area contributed by atoms with Gasteiger partial charge in [-0.3, -0.25) is 24.0 Å². The molecule has 1 atom stereocenters. The fraction of sp³-hybridized carbons (Fsp3) is 0.450. The van der Waals surface area contributed by atoms with Gasteiger partial charge in [0, 0.05) is 31.9 Å². The number of rotatable bonds is 6. The minimum absolute atomic E-state index is 0.124. The van der Waals surface area contributed by atoms with Crippen molar-refractivity contribution in [3.63, 3.8) is 0 Å². The summed E-state index contributed by atoms with van der Waals surface area (Å²) < 4.78 is 1.17. The van der Waals surface area contributed by atoms with Crippen molar-refractivity contribution in [3.8, 4) is 0 Å². The molecule has 1 aromatic heterocycles. The van der Waals surface area contributed by atoms with Gasteiger partial charge >= 0.3 is 5.69 Å². The van der Waals surface area contributed by atoms with Crippen molar-refractivity contribution >= 4 is 5.91 Å². The molecule has 1 aromatic carbocycles. The molecule has 0 spiro atoms. The van der Waals surface area contributed by atoms with Gasteiger partial charge in [0.05, 0.1) is 0 Å². The average Bonchev–Trinajstić information content (AvgIpc) is 2.64. The zero-order valence-electron chi connectivity index (χ0n) is 15.6. The lowest BCUT2D eigenvalue weighted by atomic mass is 9.99. The average molecular weight is 370 g/mol. The van der Waals surface area contributed by atoms with E-state index in [1.807, 2.05) is 12.1 Å². The Hall–Kier alpha value is -2.67. The zero-order chi connectivity index (χ0) is 19.2. The number of aromatic amines is 1. The van der Waals surface area contributed by atoms with Crippen molar-refractivity contribution < 1.29 is 4.79 Å². The first-order valence-electron chi connectivity index (χ1n) is 9.36. The first kappa shape index (κ1) is 19.1. The number of carbonyl (C=O) groups excluding carboxylic acids is 1. The highest BCUT2D eigenvalue weighted by molar-refractivity contribution is 5.75. The molecular weight excluding hydrogens is 344 g/mol. The summed E-state index contributed by atoms with van der Waals surface area (Å²) in [6.45, 7) is 5.86. The monoisotopic (exact) mass is 370 g/mol. The number of amides is 1. The highest BCUT2D eigenvalue weighted by Gasteiger charge is 2.16. The number of hydrogen-bond donors (Lipinski definition) is 2. The summed E-state index contributed by atoms with van der Waals surface area (Å²) in [6.07, 6.45) is 3.90. The second kappa shape index (κ2) is 8.81. The van der Waals surface area contributed by atoms with Crippen LogP contribution in [0.15, 0.2) is 46.1 Å². The molecule has 0 bridgehead atoms. The van der Waals surface area contributed by atoms with Gasteiger partial charge < -0.3 is 5.32 Å². The molecule has 144 valence electrons. The number of likely N-dealkylation sites (tertiary alicyclic amines) is 1. The Balaban J connectivity index is 1.48. The van der Waals surface area contributed by atoms with Crippen LogP contribution in [0.4, 0.5) is 0 Å². The van der Waals surface area contributed by atoms with Crippen molar-refractivity contribution in [1.29, 1.82) is 0 Å². The first-order valence-corrected chi connectivity index (χ1v) is 9.36. The Morgan fingerprint density at radius 2 is 1.93 bits per heavy atom. The Labute approximate surface area is 158 Å². The van der Waals surface area contributed by atoms with E-state index in [1.54, 1.807) is 0 Å². The van der Waals surface area contributed by atoms with Crippen LogP contribution in [0.2, 0.25) is 0 Å². The van der Waals surface area contributed by atoms with Crippen LogP contribution in [0.25, 0.3) is 0 Å². The molecule has 1 amide bonds. The predicted octanol–water partition coefficient (Wildman–Crippen LogP) is 1.08. The van der Waals surface area contributed by atoms with E-state index in [-0.39, 0.29) is 12.5 Å². The highest BCUT2D eigenvalue weighted by atomic mass is 16.2. The fourth-order valence-corrected chi connectivity index (χ4v) is 3.43. The second-order valence-electron chi connectivity index (χ2n) is 7.31. The van der Waals surface area contributed by atoms with Crippen molar-refractivity contribution in [2.24, 2.45) is 5.92 Å². The summed E-state index contributed by atoms with van der Waals surface area (Å²) >= 11 is 0. The standard InChI is InChI=1S/C20H26N4O3/c1-15-3-2-9-23(12-15)13-17-6-4-16(5-7-17)11-21-19(26)14-24-10-8-18(25)22-20(24)27/h4-8,10,15H,2-3,9,11-14H2,1H3,(H,21,26)(H,22,25,27). The van der Waals surface area contributed by atoms with Gasteiger partial charge in [0.2, 0.25) is 5.91 Å². The van der Waals surface area contributed by atoms with Gasteiger partial charge in [0.1, 0.15) is 6.54 Å².